The smallest absolute Gasteiger partial charge is 0.0483 e. The lowest BCUT2D eigenvalue weighted by molar-refractivity contribution is 1.50. The summed E-state index contributed by atoms with van der Waals surface area (Å²) in [4.78, 5) is 0. The molecule has 0 spiro atoms. The maximum Gasteiger partial charge on any atom is 0.0483 e. The molecule has 43 heavy (non-hydrogen) atoms. The van der Waals surface area contributed by atoms with Gasteiger partial charge in [-0.15, -0.1) is 17.8 Å². The fourth-order valence-electron chi connectivity index (χ4n) is 6.72. The SMILES string of the molecule is C#Cc1c2c(cc(-c3c4ccccc4c(-c4cccc5c4sc4ccccc45)c4ccccc34)c1/C=C\C)C=CCC#C2. The van der Waals surface area contributed by atoms with Crippen LogP contribution in [0.15, 0.2) is 109 Å². The zero-order valence-electron chi connectivity index (χ0n) is 23.7. The molecule has 1 aliphatic carbocycles. The Morgan fingerprint density at radius 3 is 2.05 bits per heavy atom. The highest BCUT2D eigenvalue weighted by Gasteiger charge is 2.22. The van der Waals surface area contributed by atoms with Crippen molar-refractivity contribution in [2.45, 2.75) is 13.3 Å². The molecular weight excluding hydrogens is 537 g/mol. The van der Waals surface area contributed by atoms with Crippen LogP contribution in [0.4, 0.5) is 0 Å². The van der Waals surface area contributed by atoms with E-state index in [2.05, 4.69) is 139 Å². The van der Waals surface area contributed by atoms with Gasteiger partial charge in [0.1, 0.15) is 0 Å². The van der Waals surface area contributed by atoms with Gasteiger partial charge in [0.2, 0.25) is 0 Å². The lowest BCUT2D eigenvalue weighted by Gasteiger charge is -2.21. The molecule has 200 valence electrons. The molecule has 0 nitrogen and oxygen atoms in total. The van der Waals surface area contributed by atoms with Crippen molar-refractivity contribution in [3.8, 4) is 46.4 Å². The number of hydrogen-bond donors (Lipinski definition) is 0. The summed E-state index contributed by atoms with van der Waals surface area (Å²) in [6.45, 7) is 2.05. The second kappa shape index (κ2) is 10.2. The second-order valence-electron chi connectivity index (χ2n) is 10.9. The third-order valence-corrected chi connectivity index (χ3v) is 9.70. The number of hydrogen-bond acceptors (Lipinski definition) is 1. The van der Waals surface area contributed by atoms with E-state index in [4.69, 9.17) is 6.42 Å². The van der Waals surface area contributed by atoms with Crippen molar-refractivity contribution in [1.29, 1.82) is 0 Å². The molecule has 0 amide bonds. The largest absolute Gasteiger partial charge is 0.135 e. The molecule has 0 saturated heterocycles. The van der Waals surface area contributed by atoms with Gasteiger partial charge in [0, 0.05) is 43.3 Å². The Morgan fingerprint density at radius 2 is 1.37 bits per heavy atom. The van der Waals surface area contributed by atoms with E-state index in [1.165, 1.54) is 58.4 Å². The molecule has 7 aromatic rings. The molecule has 1 heteroatoms. The van der Waals surface area contributed by atoms with Crippen molar-refractivity contribution in [2.24, 2.45) is 0 Å². The predicted octanol–water partition coefficient (Wildman–Crippen LogP) is 11.5. The Hall–Kier alpha value is -5.34. The van der Waals surface area contributed by atoms with Gasteiger partial charge >= 0.3 is 0 Å². The van der Waals surface area contributed by atoms with Gasteiger partial charge in [-0.1, -0.05) is 127 Å². The summed E-state index contributed by atoms with van der Waals surface area (Å²) in [7, 11) is 0. The standard InChI is InChI=1S/C42H26S/c1-3-15-30-28(4-2)29-17-7-5-6-16-27(29)26-38(30)41-34-21-10-8-19-32(34)40(33-20-9-11-22-35(33)41)37-24-14-23-36-31-18-12-13-25-39(31)43-42(36)37/h2-3,6,8-16,18-26H,5H2,1H3/b15-3-. The molecule has 1 aliphatic rings. The Morgan fingerprint density at radius 1 is 0.744 bits per heavy atom. The molecule has 8 rings (SSSR count). The van der Waals surface area contributed by atoms with E-state index in [9.17, 15) is 0 Å². The van der Waals surface area contributed by atoms with Crippen LogP contribution in [0.2, 0.25) is 0 Å². The van der Waals surface area contributed by atoms with E-state index in [1.54, 1.807) is 0 Å². The van der Waals surface area contributed by atoms with Crippen LogP contribution in [0.5, 0.6) is 0 Å². The van der Waals surface area contributed by atoms with Crippen LogP contribution in [0.1, 0.15) is 35.6 Å². The molecule has 0 bridgehead atoms. The van der Waals surface area contributed by atoms with Crippen LogP contribution in [0.25, 0.3) is 76.1 Å². The van der Waals surface area contributed by atoms with Crippen LogP contribution in [0.3, 0.4) is 0 Å². The summed E-state index contributed by atoms with van der Waals surface area (Å²) in [5.74, 6) is 9.65. The minimum Gasteiger partial charge on any atom is -0.135 e. The van der Waals surface area contributed by atoms with Crippen molar-refractivity contribution < 1.29 is 0 Å². The average Bonchev–Trinajstić information content (AvgIpc) is 3.27. The van der Waals surface area contributed by atoms with E-state index >= 15 is 0 Å². The first-order chi connectivity index (χ1) is 21.3. The minimum absolute atomic E-state index is 0.719. The van der Waals surface area contributed by atoms with E-state index in [1.807, 2.05) is 18.3 Å². The fraction of sp³-hybridized carbons (Fsp3) is 0.0476. The summed E-state index contributed by atoms with van der Waals surface area (Å²) >= 11 is 1.88. The van der Waals surface area contributed by atoms with E-state index < -0.39 is 0 Å². The highest BCUT2D eigenvalue weighted by molar-refractivity contribution is 7.26. The third-order valence-electron chi connectivity index (χ3n) is 8.48. The molecule has 0 radical (unpaired) electrons. The maximum absolute atomic E-state index is 6.24. The highest BCUT2D eigenvalue weighted by atomic mass is 32.1. The van der Waals surface area contributed by atoms with Crippen molar-refractivity contribution in [1.82, 2.24) is 0 Å². The molecule has 0 saturated carbocycles. The highest BCUT2D eigenvalue weighted by Crippen LogP contribution is 2.49. The second-order valence-corrected chi connectivity index (χ2v) is 11.9. The average molecular weight is 563 g/mol. The predicted molar refractivity (Wildman–Crippen MR) is 188 cm³/mol. The minimum atomic E-state index is 0.719. The summed E-state index contributed by atoms with van der Waals surface area (Å²) in [6, 6.07) is 35.5. The third kappa shape index (κ3) is 3.87. The van der Waals surface area contributed by atoms with Crippen molar-refractivity contribution in [2.75, 3.05) is 0 Å². The van der Waals surface area contributed by atoms with Gasteiger partial charge < -0.3 is 0 Å². The van der Waals surface area contributed by atoms with Crippen LogP contribution in [-0.4, -0.2) is 0 Å². The molecule has 1 heterocycles. The Bertz CT molecular complexity index is 2390. The van der Waals surface area contributed by atoms with E-state index in [-0.39, 0.29) is 0 Å². The molecule has 6 aromatic carbocycles. The number of fused-ring (bicyclic) bond motifs is 6. The summed E-state index contributed by atoms with van der Waals surface area (Å²) < 4.78 is 2.64. The monoisotopic (exact) mass is 562 g/mol. The van der Waals surface area contributed by atoms with E-state index in [0.29, 0.717) is 0 Å². The zero-order chi connectivity index (χ0) is 28.9. The molecule has 0 aliphatic heterocycles. The van der Waals surface area contributed by atoms with Crippen LogP contribution in [0, 0.1) is 24.2 Å². The summed E-state index contributed by atoms with van der Waals surface area (Å²) in [5.41, 5.74) is 8.81. The van der Waals surface area contributed by atoms with E-state index in [0.717, 1.165) is 34.2 Å². The number of thiophene rings is 1. The first kappa shape index (κ1) is 25.4. The van der Waals surface area contributed by atoms with Gasteiger partial charge in [-0.3, -0.25) is 0 Å². The summed E-state index contributed by atoms with van der Waals surface area (Å²) in [6.07, 6.45) is 15.5. The lowest BCUT2D eigenvalue weighted by Crippen LogP contribution is -1.99. The normalized spacial score (nSPS) is 12.5. The Labute approximate surface area is 255 Å². The molecule has 0 fully saturated rings. The van der Waals surface area contributed by atoms with Crippen molar-refractivity contribution in [3.63, 3.8) is 0 Å². The topological polar surface area (TPSA) is 0 Å². The number of allylic oxidation sites excluding steroid dienone is 2. The van der Waals surface area contributed by atoms with Crippen LogP contribution < -0.4 is 0 Å². The molecule has 0 atom stereocenters. The Kier molecular flexibility index (Phi) is 6.01. The van der Waals surface area contributed by atoms with Gasteiger partial charge in [-0.2, -0.15) is 0 Å². The quantitative estimate of drug-likeness (QED) is 0.148. The number of rotatable bonds is 3. The van der Waals surface area contributed by atoms with Crippen molar-refractivity contribution in [3.05, 3.63) is 131 Å². The van der Waals surface area contributed by atoms with Gasteiger partial charge in [0.25, 0.3) is 0 Å². The fourth-order valence-corrected chi connectivity index (χ4v) is 7.94. The Balaban J connectivity index is 1.55. The number of terminal acetylenes is 1. The van der Waals surface area contributed by atoms with Crippen LogP contribution in [-0.2, 0) is 0 Å². The number of benzene rings is 6. The van der Waals surface area contributed by atoms with Crippen molar-refractivity contribution >= 4 is 65.2 Å². The molecular formula is C42H26S. The molecule has 0 N–H and O–H groups in total. The molecule has 0 unspecified atom stereocenters. The van der Waals surface area contributed by atoms with Gasteiger partial charge in [-0.25, -0.2) is 0 Å². The summed E-state index contributed by atoms with van der Waals surface area (Å²) in [5, 5.41) is 7.52. The first-order valence-electron chi connectivity index (χ1n) is 14.6. The zero-order valence-corrected chi connectivity index (χ0v) is 24.6. The van der Waals surface area contributed by atoms with Gasteiger partial charge in [0.05, 0.1) is 0 Å². The van der Waals surface area contributed by atoms with Gasteiger partial charge in [0.15, 0.2) is 0 Å². The van der Waals surface area contributed by atoms with Crippen LogP contribution >= 0.6 is 11.3 Å². The lowest BCUT2D eigenvalue weighted by atomic mass is 9.82. The van der Waals surface area contributed by atoms with Gasteiger partial charge in [-0.05, 0) is 68.4 Å². The maximum atomic E-state index is 6.24. The first-order valence-corrected chi connectivity index (χ1v) is 15.4. The molecule has 1 aromatic heterocycles.